The molecule has 0 bridgehead atoms. The second-order valence-corrected chi connectivity index (χ2v) is 11.0. The van der Waals surface area contributed by atoms with Gasteiger partial charge in [0.05, 0.1) is 30.3 Å². The summed E-state index contributed by atoms with van der Waals surface area (Å²) in [6.07, 6.45) is 2.71. The molecule has 8 heteroatoms. The third-order valence-corrected chi connectivity index (χ3v) is 7.71. The molecule has 4 aromatic rings. The molecule has 0 spiro atoms. The van der Waals surface area contributed by atoms with E-state index >= 15 is 0 Å². The summed E-state index contributed by atoms with van der Waals surface area (Å²) in [6, 6.07) is 14.5. The van der Waals surface area contributed by atoms with Crippen molar-refractivity contribution in [2.75, 3.05) is 14.2 Å². The van der Waals surface area contributed by atoms with Crippen LogP contribution in [0.4, 0.5) is 0 Å². The zero-order chi connectivity index (χ0) is 25.6. The van der Waals surface area contributed by atoms with Gasteiger partial charge in [0.1, 0.15) is 16.5 Å². The zero-order valence-corrected chi connectivity index (χ0v) is 22.0. The number of ether oxygens (including phenoxy) is 2. The van der Waals surface area contributed by atoms with Crippen LogP contribution in [0, 0.1) is 5.41 Å². The van der Waals surface area contributed by atoms with Crippen LogP contribution in [0.2, 0.25) is 5.02 Å². The number of thiazole rings is 1. The number of rotatable bonds is 5. The van der Waals surface area contributed by atoms with Crippen LogP contribution in [0.1, 0.15) is 36.3 Å². The number of aromatic nitrogens is 2. The number of carbonyl (C=O) groups excluding carboxylic acids is 1. The van der Waals surface area contributed by atoms with Crippen molar-refractivity contribution in [1.29, 1.82) is 0 Å². The molecule has 0 N–H and O–H groups in total. The summed E-state index contributed by atoms with van der Waals surface area (Å²) in [5.74, 6) is 1.10. The van der Waals surface area contributed by atoms with Gasteiger partial charge < -0.3 is 9.47 Å². The topological polar surface area (TPSA) is 70.4 Å². The van der Waals surface area contributed by atoms with Crippen LogP contribution >= 0.6 is 22.9 Å². The summed E-state index contributed by atoms with van der Waals surface area (Å²) in [4.78, 5) is 32.9. The third kappa shape index (κ3) is 4.33. The number of hydrogen-bond donors (Lipinski definition) is 0. The first-order valence-corrected chi connectivity index (χ1v) is 12.7. The number of Topliss-reactive ketones (excluding diaryl/α,β-unsaturated/α-hetero) is 1. The van der Waals surface area contributed by atoms with E-state index in [1.54, 1.807) is 49.2 Å². The molecule has 2 heterocycles. The first-order valence-electron chi connectivity index (χ1n) is 11.5. The van der Waals surface area contributed by atoms with E-state index in [0.717, 1.165) is 10.4 Å². The number of hydrogen-bond acceptors (Lipinski definition) is 6. The van der Waals surface area contributed by atoms with Gasteiger partial charge in [-0.1, -0.05) is 37.6 Å². The minimum atomic E-state index is -0.283. The predicted molar refractivity (Wildman–Crippen MR) is 143 cm³/mol. The third-order valence-electron chi connectivity index (χ3n) is 6.38. The number of nitrogens with zero attached hydrogens (tertiary/aromatic N) is 2. The van der Waals surface area contributed by atoms with E-state index in [1.807, 2.05) is 38.1 Å². The normalized spacial score (nSPS) is 14.4. The minimum absolute atomic E-state index is 0.00703. The van der Waals surface area contributed by atoms with Crippen molar-refractivity contribution < 1.29 is 14.3 Å². The predicted octanol–water partition coefficient (Wildman–Crippen LogP) is 6.45. The quantitative estimate of drug-likeness (QED) is 0.302. The molecule has 0 fully saturated rings. The van der Waals surface area contributed by atoms with E-state index in [-0.39, 0.29) is 16.8 Å². The van der Waals surface area contributed by atoms with E-state index in [0.29, 0.717) is 56.9 Å². The Bertz CT molecular complexity index is 1540. The Labute approximate surface area is 218 Å². The Balaban J connectivity index is 1.77. The van der Waals surface area contributed by atoms with E-state index in [1.165, 1.54) is 11.3 Å². The average molecular weight is 521 g/mol. The number of carbonyl (C=O) groups is 1. The Morgan fingerprint density at radius 3 is 2.42 bits per heavy atom. The Morgan fingerprint density at radius 1 is 0.972 bits per heavy atom. The van der Waals surface area contributed by atoms with Gasteiger partial charge >= 0.3 is 0 Å². The molecule has 0 saturated carbocycles. The van der Waals surface area contributed by atoms with Crippen LogP contribution in [0.5, 0.6) is 11.5 Å². The number of benzene rings is 2. The van der Waals surface area contributed by atoms with Crippen molar-refractivity contribution >= 4 is 28.7 Å². The maximum absolute atomic E-state index is 14.1. The van der Waals surface area contributed by atoms with Crippen LogP contribution in [-0.4, -0.2) is 29.6 Å². The molecular weight excluding hydrogens is 496 g/mol. The lowest BCUT2D eigenvalue weighted by molar-refractivity contribution is 0.0909. The maximum atomic E-state index is 14.1. The fourth-order valence-electron chi connectivity index (χ4n) is 4.64. The molecule has 0 atom stereocenters. The molecule has 0 aliphatic heterocycles. The van der Waals surface area contributed by atoms with Crippen LogP contribution in [0.15, 0.2) is 59.5 Å². The highest BCUT2D eigenvalue weighted by Crippen LogP contribution is 2.39. The molecule has 2 aromatic heterocycles. The minimum Gasteiger partial charge on any atom is -0.497 e. The second kappa shape index (κ2) is 9.22. The number of fused-ring (bicyclic) bond motifs is 1. The van der Waals surface area contributed by atoms with Crippen LogP contribution < -0.4 is 15.0 Å². The number of methoxy groups -OCH3 is 2. The molecule has 184 valence electrons. The Hall–Kier alpha value is -3.42. The van der Waals surface area contributed by atoms with Crippen molar-refractivity contribution in [3.05, 3.63) is 81.4 Å². The highest BCUT2D eigenvalue weighted by atomic mass is 35.5. The molecule has 0 saturated heterocycles. The fourth-order valence-corrected chi connectivity index (χ4v) is 5.70. The molecule has 1 aliphatic carbocycles. The standard InChI is InChI=1S/C28H25ClN2O4S/c1-28(2)13-22-19(23(32)14-28)12-20(26-30-15-25(36-26)16-5-7-17(29)8-6-16)27(33)31(22)21-11-18(34-3)9-10-24(21)35-4/h5-12,15H,13-14H2,1-4H3. The van der Waals surface area contributed by atoms with E-state index in [4.69, 9.17) is 21.1 Å². The summed E-state index contributed by atoms with van der Waals surface area (Å²) in [7, 11) is 3.13. The molecule has 6 nitrogen and oxygen atoms in total. The molecular formula is C28H25ClN2O4S. The summed E-state index contributed by atoms with van der Waals surface area (Å²) in [5.41, 5.74) is 2.52. The monoisotopic (exact) mass is 520 g/mol. The molecule has 0 amide bonds. The highest BCUT2D eigenvalue weighted by molar-refractivity contribution is 7.18. The van der Waals surface area contributed by atoms with E-state index in [2.05, 4.69) is 4.98 Å². The lowest BCUT2D eigenvalue weighted by Crippen LogP contribution is -2.35. The van der Waals surface area contributed by atoms with Gasteiger partial charge in [-0.15, -0.1) is 11.3 Å². The molecule has 0 radical (unpaired) electrons. The van der Waals surface area contributed by atoms with E-state index < -0.39 is 0 Å². The van der Waals surface area contributed by atoms with Gasteiger partial charge in [0, 0.05) is 35.0 Å². The molecule has 5 rings (SSSR count). The van der Waals surface area contributed by atoms with Gasteiger partial charge in [0.25, 0.3) is 5.56 Å². The van der Waals surface area contributed by atoms with Gasteiger partial charge in [-0.2, -0.15) is 0 Å². The molecule has 0 unspecified atom stereocenters. The zero-order valence-electron chi connectivity index (χ0n) is 20.4. The second-order valence-electron chi connectivity index (χ2n) is 9.57. The fraction of sp³-hybridized carbons (Fsp3) is 0.250. The first kappa shape index (κ1) is 24.3. The van der Waals surface area contributed by atoms with Crippen LogP contribution in [0.3, 0.4) is 0 Å². The van der Waals surface area contributed by atoms with Gasteiger partial charge in [0.2, 0.25) is 0 Å². The van der Waals surface area contributed by atoms with Gasteiger partial charge in [-0.25, -0.2) is 4.98 Å². The highest BCUT2D eigenvalue weighted by Gasteiger charge is 2.35. The molecule has 36 heavy (non-hydrogen) atoms. The van der Waals surface area contributed by atoms with Gasteiger partial charge in [0.15, 0.2) is 5.78 Å². The van der Waals surface area contributed by atoms with Gasteiger partial charge in [-0.3, -0.25) is 14.2 Å². The van der Waals surface area contributed by atoms with Crippen molar-refractivity contribution in [3.63, 3.8) is 0 Å². The Kier molecular flexibility index (Phi) is 6.22. The van der Waals surface area contributed by atoms with Crippen LogP contribution in [-0.2, 0) is 6.42 Å². The number of ketones is 1. The van der Waals surface area contributed by atoms with Crippen molar-refractivity contribution in [1.82, 2.24) is 9.55 Å². The van der Waals surface area contributed by atoms with Crippen LogP contribution in [0.25, 0.3) is 26.7 Å². The molecule has 2 aromatic carbocycles. The maximum Gasteiger partial charge on any atom is 0.265 e. The van der Waals surface area contributed by atoms with Gasteiger partial charge in [-0.05, 0) is 47.7 Å². The van der Waals surface area contributed by atoms with Crippen molar-refractivity contribution in [2.45, 2.75) is 26.7 Å². The summed E-state index contributed by atoms with van der Waals surface area (Å²) in [6.45, 7) is 4.08. The number of halogens is 1. The lowest BCUT2D eigenvalue weighted by Gasteiger charge is -2.32. The smallest absolute Gasteiger partial charge is 0.265 e. The summed E-state index contributed by atoms with van der Waals surface area (Å²) >= 11 is 7.43. The summed E-state index contributed by atoms with van der Waals surface area (Å²) < 4.78 is 12.7. The lowest BCUT2D eigenvalue weighted by atomic mass is 9.75. The van der Waals surface area contributed by atoms with E-state index in [9.17, 15) is 9.59 Å². The largest absolute Gasteiger partial charge is 0.497 e. The number of pyridine rings is 1. The molecule has 1 aliphatic rings. The average Bonchev–Trinajstić information content (AvgIpc) is 3.33. The SMILES string of the molecule is COc1ccc(OC)c(-n2c3c(cc(-c4ncc(-c5ccc(Cl)cc5)s4)c2=O)C(=O)CC(C)(C)C3)c1. The Morgan fingerprint density at radius 2 is 1.72 bits per heavy atom. The summed E-state index contributed by atoms with van der Waals surface area (Å²) in [5, 5.41) is 1.19. The first-order chi connectivity index (χ1) is 17.2. The van der Waals surface area contributed by atoms with Crippen molar-refractivity contribution in [2.24, 2.45) is 5.41 Å². The van der Waals surface area contributed by atoms with Crippen molar-refractivity contribution in [3.8, 4) is 38.2 Å².